The zero-order valence-corrected chi connectivity index (χ0v) is 11.2. The maximum Gasteiger partial charge on any atom is 0.149 e. The van der Waals surface area contributed by atoms with Crippen LogP contribution in [0.2, 0.25) is 5.02 Å². The summed E-state index contributed by atoms with van der Waals surface area (Å²) in [4.78, 5) is 4.19. The van der Waals surface area contributed by atoms with Gasteiger partial charge in [0.15, 0.2) is 0 Å². The molecule has 1 unspecified atom stereocenters. The van der Waals surface area contributed by atoms with Crippen molar-refractivity contribution in [3.63, 3.8) is 0 Å². The van der Waals surface area contributed by atoms with Gasteiger partial charge in [-0.15, -0.1) is 0 Å². The monoisotopic (exact) mass is 261 g/mol. The molecule has 1 atom stereocenters. The van der Waals surface area contributed by atoms with Crippen LogP contribution in [0.15, 0.2) is 36.5 Å². The van der Waals surface area contributed by atoms with E-state index < -0.39 is 0 Å². The molecule has 18 heavy (non-hydrogen) atoms. The lowest BCUT2D eigenvalue weighted by molar-refractivity contribution is 0.875. The summed E-state index contributed by atoms with van der Waals surface area (Å²) in [5, 5.41) is 3.82. The number of rotatable bonds is 3. The number of anilines is 2. The molecule has 0 fully saturated rings. The summed E-state index contributed by atoms with van der Waals surface area (Å²) < 4.78 is 0. The summed E-state index contributed by atoms with van der Waals surface area (Å²) in [7, 11) is 0. The number of nitrogens with two attached hydrogens (primary N) is 1. The van der Waals surface area contributed by atoms with Gasteiger partial charge in [0.1, 0.15) is 5.82 Å². The van der Waals surface area contributed by atoms with Crippen molar-refractivity contribution in [1.82, 2.24) is 4.98 Å². The fraction of sp³-hybridized carbons (Fsp3) is 0.214. The number of benzene rings is 1. The Labute approximate surface area is 112 Å². The van der Waals surface area contributed by atoms with Crippen molar-refractivity contribution in [2.75, 3.05) is 11.1 Å². The average molecular weight is 262 g/mol. The van der Waals surface area contributed by atoms with Gasteiger partial charge in [0, 0.05) is 6.20 Å². The van der Waals surface area contributed by atoms with E-state index in [1.54, 1.807) is 12.3 Å². The second kappa shape index (κ2) is 5.27. The van der Waals surface area contributed by atoms with Gasteiger partial charge in [0.2, 0.25) is 0 Å². The van der Waals surface area contributed by atoms with E-state index in [-0.39, 0.29) is 6.04 Å². The first-order chi connectivity index (χ1) is 8.56. The number of nitrogens with one attached hydrogen (secondary N) is 1. The molecular formula is C14H16ClN3. The molecule has 2 aromatic rings. The van der Waals surface area contributed by atoms with E-state index in [9.17, 15) is 0 Å². The van der Waals surface area contributed by atoms with Crippen LogP contribution in [0.4, 0.5) is 11.5 Å². The van der Waals surface area contributed by atoms with Crippen molar-refractivity contribution >= 4 is 23.1 Å². The van der Waals surface area contributed by atoms with E-state index in [0.29, 0.717) is 16.5 Å². The molecule has 0 radical (unpaired) electrons. The van der Waals surface area contributed by atoms with Crippen LogP contribution in [0, 0.1) is 6.92 Å². The quantitative estimate of drug-likeness (QED) is 0.884. The Morgan fingerprint density at radius 1 is 1.28 bits per heavy atom. The highest BCUT2D eigenvalue weighted by atomic mass is 35.5. The molecule has 0 amide bonds. The van der Waals surface area contributed by atoms with Crippen molar-refractivity contribution < 1.29 is 0 Å². The molecule has 3 nitrogen and oxygen atoms in total. The predicted molar refractivity (Wildman–Crippen MR) is 76.9 cm³/mol. The van der Waals surface area contributed by atoms with Gasteiger partial charge in [-0.2, -0.15) is 0 Å². The van der Waals surface area contributed by atoms with Crippen molar-refractivity contribution in [3.05, 3.63) is 52.7 Å². The summed E-state index contributed by atoms with van der Waals surface area (Å²) in [6.07, 6.45) is 1.59. The number of aryl methyl sites for hydroxylation is 1. The lowest BCUT2D eigenvalue weighted by atomic mass is 10.1. The maximum atomic E-state index is 5.86. The van der Waals surface area contributed by atoms with Gasteiger partial charge in [-0.1, -0.05) is 41.4 Å². The van der Waals surface area contributed by atoms with Crippen LogP contribution < -0.4 is 11.1 Å². The molecule has 0 bridgehead atoms. The fourth-order valence-electron chi connectivity index (χ4n) is 1.72. The normalized spacial score (nSPS) is 12.2. The number of nitrogen functional groups attached to an aromatic ring is 1. The topological polar surface area (TPSA) is 50.9 Å². The lowest BCUT2D eigenvalue weighted by Crippen LogP contribution is -2.09. The van der Waals surface area contributed by atoms with Crippen LogP contribution in [0.25, 0.3) is 0 Å². The third-order valence-corrected chi connectivity index (χ3v) is 3.02. The van der Waals surface area contributed by atoms with Gasteiger partial charge in [0.25, 0.3) is 0 Å². The first kappa shape index (κ1) is 12.7. The second-order valence-corrected chi connectivity index (χ2v) is 4.80. The van der Waals surface area contributed by atoms with Crippen LogP contribution in [-0.2, 0) is 0 Å². The third kappa shape index (κ3) is 2.93. The average Bonchev–Trinajstić information content (AvgIpc) is 2.33. The Hall–Kier alpha value is -1.74. The van der Waals surface area contributed by atoms with Crippen LogP contribution in [-0.4, -0.2) is 4.98 Å². The minimum absolute atomic E-state index is 0.140. The van der Waals surface area contributed by atoms with Crippen molar-refractivity contribution in [3.8, 4) is 0 Å². The van der Waals surface area contributed by atoms with Gasteiger partial charge in [0.05, 0.1) is 16.8 Å². The molecule has 0 saturated carbocycles. The zero-order valence-electron chi connectivity index (χ0n) is 10.4. The lowest BCUT2D eigenvalue weighted by Gasteiger charge is -2.16. The second-order valence-electron chi connectivity index (χ2n) is 4.37. The van der Waals surface area contributed by atoms with Gasteiger partial charge in [-0.3, -0.25) is 0 Å². The zero-order chi connectivity index (χ0) is 13.1. The summed E-state index contributed by atoms with van der Waals surface area (Å²) in [6, 6.07) is 10.2. The minimum Gasteiger partial charge on any atom is -0.396 e. The van der Waals surface area contributed by atoms with Crippen LogP contribution in [0.3, 0.4) is 0 Å². The number of hydrogen-bond donors (Lipinski definition) is 2. The SMILES string of the molecule is Cc1ccc(C(C)Nc2ncc(Cl)cc2N)cc1. The molecule has 2 rings (SSSR count). The third-order valence-electron chi connectivity index (χ3n) is 2.81. The molecule has 1 aromatic carbocycles. The summed E-state index contributed by atoms with van der Waals surface area (Å²) in [6.45, 7) is 4.14. The van der Waals surface area contributed by atoms with Gasteiger partial charge >= 0.3 is 0 Å². The molecular weight excluding hydrogens is 246 g/mol. The molecule has 94 valence electrons. The maximum absolute atomic E-state index is 5.86. The van der Waals surface area contributed by atoms with E-state index >= 15 is 0 Å². The first-order valence-corrected chi connectivity index (χ1v) is 6.18. The number of pyridine rings is 1. The van der Waals surface area contributed by atoms with Crippen LogP contribution >= 0.6 is 11.6 Å². The van der Waals surface area contributed by atoms with E-state index in [1.807, 2.05) is 0 Å². The Morgan fingerprint density at radius 3 is 2.56 bits per heavy atom. The summed E-state index contributed by atoms with van der Waals surface area (Å²) in [5.74, 6) is 0.660. The van der Waals surface area contributed by atoms with Gasteiger partial charge in [-0.05, 0) is 25.5 Å². The van der Waals surface area contributed by atoms with Crippen molar-refractivity contribution in [2.45, 2.75) is 19.9 Å². The molecule has 0 aliphatic rings. The van der Waals surface area contributed by atoms with E-state index in [0.717, 1.165) is 0 Å². The van der Waals surface area contributed by atoms with Gasteiger partial charge < -0.3 is 11.1 Å². The van der Waals surface area contributed by atoms with E-state index in [4.69, 9.17) is 17.3 Å². The Morgan fingerprint density at radius 2 is 1.94 bits per heavy atom. The molecule has 4 heteroatoms. The summed E-state index contributed by atoms with van der Waals surface area (Å²) in [5.41, 5.74) is 8.86. The number of aromatic nitrogens is 1. The molecule has 0 aliphatic carbocycles. The largest absolute Gasteiger partial charge is 0.396 e. The van der Waals surface area contributed by atoms with Gasteiger partial charge in [-0.25, -0.2) is 4.98 Å². The number of nitrogens with zero attached hydrogens (tertiary/aromatic N) is 1. The molecule has 0 saturated heterocycles. The Balaban J connectivity index is 2.15. The Bertz CT molecular complexity index is 537. The predicted octanol–water partition coefficient (Wildman–Crippen LogP) is 3.80. The smallest absolute Gasteiger partial charge is 0.149 e. The molecule has 1 aromatic heterocycles. The van der Waals surface area contributed by atoms with Crippen LogP contribution in [0.1, 0.15) is 24.1 Å². The highest BCUT2D eigenvalue weighted by Gasteiger charge is 2.08. The highest BCUT2D eigenvalue weighted by Crippen LogP contribution is 2.24. The van der Waals surface area contributed by atoms with Crippen molar-refractivity contribution in [2.24, 2.45) is 0 Å². The van der Waals surface area contributed by atoms with E-state index in [2.05, 4.69) is 48.4 Å². The molecule has 0 spiro atoms. The molecule has 1 heterocycles. The first-order valence-electron chi connectivity index (χ1n) is 5.80. The number of halogens is 1. The highest BCUT2D eigenvalue weighted by molar-refractivity contribution is 6.30. The van der Waals surface area contributed by atoms with E-state index in [1.165, 1.54) is 11.1 Å². The number of hydrogen-bond acceptors (Lipinski definition) is 3. The minimum atomic E-state index is 0.140. The summed E-state index contributed by atoms with van der Waals surface area (Å²) >= 11 is 5.82. The fourth-order valence-corrected chi connectivity index (χ4v) is 1.89. The standard InChI is InChI=1S/C14H16ClN3/c1-9-3-5-11(6-4-9)10(2)18-14-13(16)7-12(15)8-17-14/h3-8,10H,16H2,1-2H3,(H,17,18). The molecule has 3 N–H and O–H groups in total. The molecule has 0 aliphatic heterocycles. The van der Waals surface area contributed by atoms with Crippen LogP contribution in [0.5, 0.6) is 0 Å². The van der Waals surface area contributed by atoms with Crippen molar-refractivity contribution in [1.29, 1.82) is 0 Å². The Kier molecular flexibility index (Phi) is 3.72.